The van der Waals surface area contributed by atoms with Gasteiger partial charge in [0, 0.05) is 12.2 Å². The summed E-state index contributed by atoms with van der Waals surface area (Å²) in [5, 5.41) is 6.49. The van der Waals surface area contributed by atoms with E-state index in [2.05, 4.69) is 32.7 Å². The van der Waals surface area contributed by atoms with E-state index < -0.39 is 0 Å². The Morgan fingerprint density at radius 3 is 2.52 bits per heavy atom. The maximum absolute atomic E-state index is 6.18. The van der Waals surface area contributed by atoms with Gasteiger partial charge in [-0.05, 0) is 30.2 Å². The van der Waals surface area contributed by atoms with E-state index >= 15 is 0 Å². The third-order valence-corrected chi connectivity index (χ3v) is 3.47. The summed E-state index contributed by atoms with van der Waals surface area (Å²) in [6.07, 6.45) is 1.50. The number of nitrogen functional groups attached to an aromatic ring is 1. The van der Waals surface area contributed by atoms with Crippen LogP contribution in [-0.4, -0.2) is 9.97 Å². The SMILES string of the molecule is Cc1cccc(Nc2ncnc(NCc3ccccc3)c2N)c1. The molecule has 2 aromatic carbocycles. The third kappa shape index (κ3) is 3.77. The van der Waals surface area contributed by atoms with Crippen LogP contribution < -0.4 is 16.4 Å². The van der Waals surface area contributed by atoms with Crippen LogP contribution in [0, 0.1) is 6.92 Å². The lowest BCUT2D eigenvalue weighted by atomic mass is 10.2. The van der Waals surface area contributed by atoms with Gasteiger partial charge in [-0.2, -0.15) is 0 Å². The van der Waals surface area contributed by atoms with Crippen molar-refractivity contribution in [3.8, 4) is 0 Å². The van der Waals surface area contributed by atoms with Gasteiger partial charge in [-0.25, -0.2) is 9.97 Å². The fourth-order valence-electron chi connectivity index (χ4n) is 2.28. The van der Waals surface area contributed by atoms with Crippen LogP contribution in [0.3, 0.4) is 0 Å². The molecule has 0 atom stereocenters. The molecule has 0 radical (unpaired) electrons. The Bertz CT molecular complexity index is 786. The molecule has 23 heavy (non-hydrogen) atoms. The van der Waals surface area contributed by atoms with Crippen molar-refractivity contribution < 1.29 is 0 Å². The highest BCUT2D eigenvalue weighted by molar-refractivity contribution is 5.77. The Balaban J connectivity index is 1.75. The predicted molar refractivity (Wildman–Crippen MR) is 94.7 cm³/mol. The summed E-state index contributed by atoms with van der Waals surface area (Å²) in [5.74, 6) is 1.22. The van der Waals surface area contributed by atoms with Crippen molar-refractivity contribution in [1.82, 2.24) is 9.97 Å². The summed E-state index contributed by atoms with van der Waals surface area (Å²) in [7, 11) is 0. The highest BCUT2D eigenvalue weighted by atomic mass is 15.1. The first-order chi connectivity index (χ1) is 11.2. The van der Waals surface area contributed by atoms with Gasteiger partial charge in [0.1, 0.15) is 12.0 Å². The lowest BCUT2D eigenvalue weighted by Crippen LogP contribution is -2.08. The molecule has 4 N–H and O–H groups in total. The average Bonchev–Trinajstić information content (AvgIpc) is 2.57. The number of hydrogen-bond donors (Lipinski definition) is 3. The molecule has 3 aromatic rings. The van der Waals surface area contributed by atoms with Gasteiger partial charge in [-0.3, -0.25) is 0 Å². The molecule has 0 spiro atoms. The van der Waals surface area contributed by atoms with E-state index in [9.17, 15) is 0 Å². The minimum Gasteiger partial charge on any atom is -0.393 e. The molecule has 5 heteroatoms. The number of aromatic nitrogens is 2. The molecule has 0 unspecified atom stereocenters. The molecular formula is C18H19N5. The number of rotatable bonds is 5. The van der Waals surface area contributed by atoms with Crippen LogP contribution in [-0.2, 0) is 6.54 Å². The summed E-state index contributed by atoms with van der Waals surface area (Å²) in [4.78, 5) is 8.46. The molecule has 0 saturated heterocycles. The van der Waals surface area contributed by atoms with E-state index in [0.29, 0.717) is 23.9 Å². The second-order valence-corrected chi connectivity index (χ2v) is 5.32. The summed E-state index contributed by atoms with van der Waals surface area (Å²) in [6.45, 7) is 2.70. The molecule has 0 aliphatic carbocycles. The van der Waals surface area contributed by atoms with Gasteiger partial charge in [0.05, 0.1) is 0 Å². The van der Waals surface area contributed by atoms with Gasteiger partial charge >= 0.3 is 0 Å². The van der Waals surface area contributed by atoms with Crippen LogP contribution in [0.5, 0.6) is 0 Å². The fraction of sp³-hybridized carbons (Fsp3) is 0.111. The summed E-state index contributed by atoms with van der Waals surface area (Å²) in [5.41, 5.74) is 9.97. The van der Waals surface area contributed by atoms with Crippen molar-refractivity contribution in [3.05, 3.63) is 72.1 Å². The smallest absolute Gasteiger partial charge is 0.159 e. The van der Waals surface area contributed by atoms with Gasteiger partial charge < -0.3 is 16.4 Å². The van der Waals surface area contributed by atoms with Crippen LogP contribution in [0.1, 0.15) is 11.1 Å². The van der Waals surface area contributed by atoms with Crippen molar-refractivity contribution in [2.24, 2.45) is 0 Å². The van der Waals surface area contributed by atoms with E-state index in [0.717, 1.165) is 5.69 Å². The first-order valence-corrected chi connectivity index (χ1v) is 7.44. The highest BCUT2D eigenvalue weighted by Crippen LogP contribution is 2.26. The molecule has 5 nitrogen and oxygen atoms in total. The predicted octanol–water partition coefficient (Wildman–Crippen LogP) is 3.72. The van der Waals surface area contributed by atoms with Gasteiger partial charge in [-0.15, -0.1) is 0 Å². The van der Waals surface area contributed by atoms with E-state index in [-0.39, 0.29) is 0 Å². The van der Waals surface area contributed by atoms with E-state index in [1.165, 1.54) is 17.5 Å². The van der Waals surface area contributed by atoms with Crippen molar-refractivity contribution in [2.45, 2.75) is 13.5 Å². The monoisotopic (exact) mass is 305 g/mol. The maximum atomic E-state index is 6.18. The average molecular weight is 305 g/mol. The van der Waals surface area contributed by atoms with Crippen LogP contribution in [0.25, 0.3) is 0 Å². The molecule has 1 aromatic heterocycles. The largest absolute Gasteiger partial charge is 0.393 e. The zero-order valence-corrected chi connectivity index (χ0v) is 13.0. The Kier molecular flexibility index (Phi) is 4.38. The number of nitrogens with two attached hydrogens (primary N) is 1. The molecule has 1 heterocycles. The van der Waals surface area contributed by atoms with Gasteiger partial charge in [0.2, 0.25) is 0 Å². The molecule has 3 rings (SSSR count). The Hall–Kier alpha value is -3.08. The van der Waals surface area contributed by atoms with Gasteiger partial charge in [0.25, 0.3) is 0 Å². The van der Waals surface area contributed by atoms with Crippen molar-refractivity contribution in [1.29, 1.82) is 0 Å². The lowest BCUT2D eigenvalue weighted by molar-refractivity contribution is 1.09. The van der Waals surface area contributed by atoms with Gasteiger partial charge in [0.15, 0.2) is 11.6 Å². The standard InChI is InChI=1S/C18H19N5/c1-13-6-5-9-15(10-13)23-18-16(19)17(21-12-22-18)20-11-14-7-3-2-4-8-14/h2-10,12H,11,19H2,1H3,(H2,20,21,22,23). The van der Waals surface area contributed by atoms with Crippen LogP contribution in [0.4, 0.5) is 23.0 Å². The van der Waals surface area contributed by atoms with E-state index in [1.807, 2.05) is 49.4 Å². The number of anilines is 4. The van der Waals surface area contributed by atoms with Crippen molar-refractivity contribution >= 4 is 23.0 Å². The Morgan fingerprint density at radius 2 is 1.74 bits per heavy atom. The Morgan fingerprint density at radius 1 is 0.957 bits per heavy atom. The highest BCUT2D eigenvalue weighted by Gasteiger charge is 2.08. The second-order valence-electron chi connectivity index (χ2n) is 5.32. The maximum Gasteiger partial charge on any atom is 0.159 e. The molecule has 0 bridgehead atoms. The third-order valence-electron chi connectivity index (χ3n) is 3.47. The molecular weight excluding hydrogens is 286 g/mol. The minimum absolute atomic E-state index is 0.505. The molecule has 0 aliphatic rings. The summed E-state index contributed by atoms with van der Waals surface area (Å²) < 4.78 is 0. The zero-order valence-electron chi connectivity index (χ0n) is 13.0. The molecule has 0 amide bonds. The van der Waals surface area contributed by atoms with Crippen LogP contribution in [0.15, 0.2) is 60.9 Å². The Labute approximate surface area is 135 Å². The van der Waals surface area contributed by atoms with Crippen LogP contribution in [0.2, 0.25) is 0 Å². The first-order valence-electron chi connectivity index (χ1n) is 7.44. The second kappa shape index (κ2) is 6.79. The van der Waals surface area contributed by atoms with Crippen molar-refractivity contribution in [3.63, 3.8) is 0 Å². The minimum atomic E-state index is 0.505. The molecule has 0 fully saturated rings. The quantitative estimate of drug-likeness (QED) is 0.669. The number of nitrogens with one attached hydrogen (secondary N) is 2. The fourth-order valence-corrected chi connectivity index (χ4v) is 2.28. The first kappa shape index (κ1) is 14.8. The van der Waals surface area contributed by atoms with Crippen molar-refractivity contribution in [2.75, 3.05) is 16.4 Å². The normalized spacial score (nSPS) is 10.3. The number of nitrogens with zero attached hydrogens (tertiary/aromatic N) is 2. The van der Waals surface area contributed by atoms with Crippen LogP contribution >= 0.6 is 0 Å². The molecule has 0 aliphatic heterocycles. The summed E-state index contributed by atoms with van der Waals surface area (Å²) in [6, 6.07) is 18.2. The topological polar surface area (TPSA) is 75.9 Å². The van der Waals surface area contributed by atoms with E-state index in [4.69, 9.17) is 5.73 Å². The summed E-state index contributed by atoms with van der Waals surface area (Å²) >= 11 is 0. The zero-order chi connectivity index (χ0) is 16.1. The molecule has 116 valence electrons. The number of benzene rings is 2. The molecule has 0 saturated carbocycles. The van der Waals surface area contributed by atoms with E-state index in [1.54, 1.807) is 0 Å². The number of hydrogen-bond acceptors (Lipinski definition) is 5. The van der Waals surface area contributed by atoms with Gasteiger partial charge in [-0.1, -0.05) is 42.5 Å². The lowest BCUT2D eigenvalue weighted by Gasteiger charge is -2.13. The number of aryl methyl sites for hydroxylation is 1.